The molecule has 1 heterocycles. The Morgan fingerprint density at radius 3 is 2.72 bits per heavy atom. The van der Waals surface area contributed by atoms with Gasteiger partial charge in [-0.05, 0) is 56.0 Å². The lowest BCUT2D eigenvalue weighted by Crippen LogP contribution is -2.37. The largest absolute Gasteiger partial charge is 0.366 e. The van der Waals surface area contributed by atoms with Gasteiger partial charge in [-0.2, -0.15) is 11.3 Å². The monoisotopic (exact) mass is 267 g/mol. The van der Waals surface area contributed by atoms with Crippen molar-refractivity contribution in [2.45, 2.75) is 51.8 Å². The second-order valence-electron chi connectivity index (χ2n) is 5.79. The summed E-state index contributed by atoms with van der Waals surface area (Å²) < 4.78 is 5.58. The van der Waals surface area contributed by atoms with Gasteiger partial charge in [0.1, 0.15) is 6.61 Å². The zero-order valence-electron chi connectivity index (χ0n) is 11.3. The third kappa shape index (κ3) is 4.10. The van der Waals surface area contributed by atoms with Crippen molar-refractivity contribution >= 4 is 17.2 Å². The molecule has 0 aliphatic heterocycles. The van der Waals surface area contributed by atoms with Crippen LogP contribution in [0.4, 0.5) is 0 Å². The van der Waals surface area contributed by atoms with Crippen molar-refractivity contribution < 1.29 is 9.53 Å². The normalized spacial score (nSPS) is 15.7. The fourth-order valence-corrected chi connectivity index (χ4v) is 2.41. The van der Waals surface area contributed by atoms with Crippen molar-refractivity contribution in [3.63, 3.8) is 0 Å². The summed E-state index contributed by atoms with van der Waals surface area (Å²) in [6.45, 7) is 6.83. The quantitative estimate of drug-likeness (QED) is 0.820. The lowest BCUT2D eigenvalue weighted by atomic mass is 10.2. The molecule has 0 aromatic carbocycles. The van der Waals surface area contributed by atoms with E-state index >= 15 is 0 Å². The molecule has 4 heteroatoms. The Labute approximate surface area is 113 Å². The minimum Gasteiger partial charge on any atom is -0.366 e. The summed E-state index contributed by atoms with van der Waals surface area (Å²) in [6, 6.07) is 2.51. The molecule has 1 saturated carbocycles. The van der Waals surface area contributed by atoms with E-state index in [0.717, 1.165) is 19.4 Å². The standard InChI is InChI=1S/C14H21NO2S/c1-14(2,3)17-9-13(16)15(12-4-5-12)8-11-6-7-18-10-11/h6-7,10,12H,4-5,8-9H2,1-3H3. The zero-order valence-corrected chi connectivity index (χ0v) is 12.1. The fraction of sp³-hybridized carbons (Fsp3) is 0.643. The van der Waals surface area contributed by atoms with Crippen molar-refractivity contribution in [3.05, 3.63) is 22.4 Å². The molecule has 1 aliphatic carbocycles. The highest BCUT2D eigenvalue weighted by atomic mass is 32.1. The number of nitrogens with zero attached hydrogens (tertiary/aromatic N) is 1. The number of hydrogen-bond acceptors (Lipinski definition) is 3. The summed E-state index contributed by atoms with van der Waals surface area (Å²) in [4.78, 5) is 14.2. The summed E-state index contributed by atoms with van der Waals surface area (Å²) in [5.74, 6) is 0.110. The van der Waals surface area contributed by atoms with Gasteiger partial charge in [0.05, 0.1) is 5.60 Å². The fourth-order valence-electron chi connectivity index (χ4n) is 1.75. The second-order valence-corrected chi connectivity index (χ2v) is 6.57. The minimum atomic E-state index is -0.257. The Kier molecular flexibility index (Phi) is 4.07. The van der Waals surface area contributed by atoms with Gasteiger partial charge >= 0.3 is 0 Å². The lowest BCUT2D eigenvalue weighted by Gasteiger charge is -2.25. The number of ether oxygens (including phenoxy) is 1. The first-order valence-corrected chi connectivity index (χ1v) is 7.34. The average molecular weight is 267 g/mol. The Bertz CT molecular complexity index is 390. The molecular formula is C14H21NO2S. The zero-order chi connectivity index (χ0) is 13.2. The van der Waals surface area contributed by atoms with Crippen molar-refractivity contribution in [3.8, 4) is 0 Å². The summed E-state index contributed by atoms with van der Waals surface area (Å²) >= 11 is 1.67. The maximum Gasteiger partial charge on any atom is 0.249 e. The van der Waals surface area contributed by atoms with E-state index in [1.807, 2.05) is 25.7 Å². The molecule has 100 valence electrons. The molecule has 3 nitrogen and oxygen atoms in total. The topological polar surface area (TPSA) is 29.5 Å². The van der Waals surface area contributed by atoms with E-state index in [0.29, 0.717) is 6.04 Å². The smallest absolute Gasteiger partial charge is 0.249 e. The Morgan fingerprint density at radius 2 is 2.22 bits per heavy atom. The highest BCUT2D eigenvalue weighted by Crippen LogP contribution is 2.29. The number of carbonyl (C=O) groups is 1. The average Bonchev–Trinajstić information content (AvgIpc) is 2.99. The van der Waals surface area contributed by atoms with E-state index in [1.165, 1.54) is 5.56 Å². The molecule has 0 unspecified atom stereocenters. The molecule has 0 atom stereocenters. The van der Waals surface area contributed by atoms with Crippen LogP contribution in [0.3, 0.4) is 0 Å². The Balaban J connectivity index is 1.91. The molecule has 1 fully saturated rings. The molecule has 1 aromatic rings. The Morgan fingerprint density at radius 1 is 1.50 bits per heavy atom. The van der Waals surface area contributed by atoms with E-state index in [-0.39, 0.29) is 18.1 Å². The highest BCUT2D eigenvalue weighted by molar-refractivity contribution is 7.07. The van der Waals surface area contributed by atoms with Crippen LogP contribution in [0.25, 0.3) is 0 Å². The third-order valence-electron chi connectivity index (χ3n) is 2.87. The number of hydrogen-bond donors (Lipinski definition) is 0. The first-order valence-electron chi connectivity index (χ1n) is 6.40. The molecule has 2 rings (SSSR count). The predicted octanol–water partition coefficient (Wildman–Crippen LogP) is 3.05. The van der Waals surface area contributed by atoms with Crippen molar-refractivity contribution in [2.75, 3.05) is 6.61 Å². The van der Waals surface area contributed by atoms with Gasteiger partial charge in [0.2, 0.25) is 5.91 Å². The van der Waals surface area contributed by atoms with Crippen LogP contribution in [0.1, 0.15) is 39.2 Å². The molecule has 1 aromatic heterocycles. The molecule has 0 spiro atoms. The first-order chi connectivity index (χ1) is 8.46. The van der Waals surface area contributed by atoms with E-state index in [9.17, 15) is 4.79 Å². The first kappa shape index (κ1) is 13.6. The molecule has 1 aliphatic rings. The van der Waals surface area contributed by atoms with Gasteiger partial charge < -0.3 is 9.64 Å². The van der Waals surface area contributed by atoms with Crippen molar-refractivity contribution in [1.29, 1.82) is 0 Å². The molecule has 0 N–H and O–H groups in total. The maximum absolute atomic E-state index is 12.2. The number of thiophene rings is 1. The van der Waals surface area contributed by atoms with E-state index in [2.05, 4.69) is 16.8 Å². The van der Waals surface area contributed by atoms with Crippen molar-refractivity contribution in [2.24, 2.45) is 0 Å². The molecule has 18 heavy (non-hydrogen) atoms. The van der Waals surface area contributed by atoms with Crippen LogP contribution in [-0.2, 0) is 16.1 Å². The van der Waals surface area contributed by atoms with Crippen LogP contribution in [0, 0.1) is 0 Å². The highest BCUT2D eigenvalue weighted by Gasteiger charge is 2.33. The Hall–Kier alpha value is -0.870. The van der Waals surface area contributed by atoms with Crippen LogP contribution >= 0.6 is 11.3 Å². The van der Waals surface area contributed by atoms with Gasteiger partial charge in [-0.1, -0.05) is 0 Å². The van der Waals surface area contributed by atoms with E-state index in [4.69, 9.17) is 4.74 Å². The van der Waals surface area contributed by atoms with E-state index < -0.39 is 0 Å². The molecule has 0 radical (unpaired) electrons. The number of carbonyl (C=O) groups excluding carboxylic acids is 1. The summed E-state index contributed by atoms with van der Waals surface area (Å²) in [6.07, 6.45) is 2.26. The molecule has 1 amide bonds. The molecule has 0 saturated heterocycles. The SMILES string of the molecule is CC(C)(C)OCC(=O)N(Cc1ccsc1)C1CC1. The van der Waals surface area contributed by atoms with Gasteiger partial charge in [0, 0.05) is 12.6 Å². The lowest BCUT2D eigenvalue weighted by molar-refractivity contribution is -0.142. The summed E-state index contributed by atoms with van der Waals surface area (Å²) in [5.41, 5.74) is 0.962. The van der Waals surface area contributed by atoms with Crippen LogP contribution in [-0.4, -0.2) is 29.1 Å². The second kappa shape index (κ2) is 5.41. The van der Waals surface area contributed by atoms with Gasteiger partial charge in [0.15, 0.2) is 0 Å². The summed E-state index contributed by atoms with van der Waals surface area (Å²) in [5, 5.41) is 4.16. The maximum atomic E-state index is 12.2. The third-order valence-corrected chi connectivity index (χ3v) is 3.60. The van der Waals surface area contributed by atoms with Crippen molar-refractivity contribution in [1.82, 2.24) is 4.90 Å². The number of amides is 1. The van der Waals surface area contributed by atoms with Crippen LogP contribution in [0.2, 0.25) is 0 Å². The van der Waals surface area contributed by atoms with E-state index in [1.54, 1.807) is 11.3 Å². The van der Waals surface area contributed by atoms with Gasteiger partial charge in [-0.3, -0.25) is 4.79 Å². The predicted molar refractivity (Wildman–Crippen MR) is 73.6 cm³/mol. The van der Waals surface area contributed by atoms with Gasteiger partial charge in [0.25, 0.3) is 0 Å². The van der Waals surface area contributed by atoms with Gasteiger partial charge in [-0.15, -0.1) is 0 Å². The molecular weight excluding hydrogens is 246 g/mol. The van der Waals surface area contributed by atoms with Crippen LogP contribution in [0.15, 0.2) is 16.8 Å². The van der Waals surface area contributed by atoms with Gasteiger partial charge in [-0.25, -0.2) is 0 Å². The minimum absolute atomic E-state index is 0.110. The number of rotatable bonds is 5. The molecule has 0 bridgehead atoms. The summed E-state index contributed by atoms with van der Waals surface area (Å²) in [7, 11) is 0. The van der Waals surface area contributed by atoms with Crippen LogP contribution in [0.5, 0.6) is 0 Å². The van der Waals surface area contributed by atoms with Crippen LogP contribution < -0.4 is 0 Å².